The first kappa shape index (κ1) is 10.8. The molecule has 0 bridgehead atoms. The van der Waals surface area contributed by atoms with E-state index in [1.54, 1.807) is 11.1 Å². The van der Waals surface area contributed by atoms with Gasteiger partial charge >= 0.3 is 0 Å². The monoisotopic (exact) mass is 245 g/mol. The lowest BCUT2D eigenvalue weighted by molar-refractivity contribution is -0.133. The van der Waals surface area contributed by atoms with Crippen LogP contribution in [0, 0.1) is 0 Å². The molecular weight excluding hydrogens is 234 g/mol. The third kappa shape index (κ3) is 2.04. The van der Waals surface area contributed by atoms with Crippen LogP contribution in [0.25, 0.3) is 0 Å². The molecule has 0 N–H and O–H groups in total. The smallest absolute Gasteiger partial charge is 0.244 e. The quantitative estimate of drug-likeness (QED) is 0.677. The molecule has 2 aromatic rings. The summed E-state index contributed by atoms with van der Waals surface area (Å²) in [6.45, 7) is 1.39. The standard InChI is InChI=1S/C10H11N7O/c18-10(5-17-7-13-14-15-17)16-2-1-9-8(4-16)3-11-6-12-9/h3,6-7H,1-2,4-5H2. The predicted octanol–water partition coefficient (Wildman–Crippen LogP) is -0.952. The first-order valence-corrected chi connectivity index (χ1v) is 5.59. The van der Waals surface area contributed by atoms with Crippen LogP contribution in [-0.2, 0) is 24.3 Å². The van der Waals surface area contributed by atoms with Crippen LogP contribution in [0.3, 0.4) is 0 Å². The molecule has 3 rings (SSSR count). The third-order valence-corrected chi connectivity index (χ3v) is 2.90. The molecule has 92 valence electrons. The lowest BCUT2D eigenvalue weighted by atomic mass is 10.1. The van der Waals surface area contributed by atoms with Gasteiger partial charge in [-0.25, -0.2) is 14.6 Å². The minimum absolute atomic E-state index is 0.00296. The van der Waals surface area contributed by atoms with Crippen molar-refractivity contribution in [3.05, 3.63) is 30.1 Å². The van der Waals surface area contributed by atoms with Crippen LogP contribution in [0.1, 0.15) is 11.3 Å². The maximum Gasteiger partial charge on any atom is 0.244 e. The molecule has 0 spiro atoms. The van der Waals surface area contributed by atoms with Gasteiger partial charge in [0.2, 0.25) is 5.91 Å². The summed E-state index contributed by atoms with van der Waals surface area (Å²) >= 11 is 0. The van der Waals surface area contributed by atoms with Crippen molar-refractivity contribution in [3.63, 3.8) is 0 Å². The average Bonchev–Trinajstić information content (AvgIpc) is 2.91. The molecular formula is C10H11N7O. The fourth-order valence-electron chi connectivity index (χ4n) is 1.97. The predicted molar refractivity (Wildman–Crippen MR) is 59.0 cm³/mol. The molecule has 0 saturated carbocycles. The van der Waals surface area contributed by atoms with Crippen molar-refractivity contribution < 1.29 is 4.79 Å². The van der Waals surface area contributed by atoms with E-state index in [-0.39, 0.29) is 12.5 Å². The van der Waals surface area contributed by atoms with Crippen LogP contribution >= 0.6 is 0 Å². The number of carbonyl (C=O) groups excluding carboxylic acids is 1. The van der Waals surface area contributed by atoms with E-state index in [0.717, 1.165) is 17.7 Å². The maximum absolute atomic E-state index is 12.0. The summed E-state index contributed by atoms with van der Waals surface area (Å²) in [6, 6.07) is 0. The van der Waals surface area contributed by atoms with Crippen molar-refractivity contribution >= 4 is 5.91 Å². The molecule has 2 aromatic heterocycles. The van der Waals surface area contributed by atoms with Crippen molar-refractivity contribution in [2.24, 2.45) is 0 Å². The van der Waals surface area contributed by atoms with E-state index in [0.29, 0.717) is 13.1 Å². The number of tetrazole rings is 1. The van der Waals surface area contributed by atoms with Gasteiger partial charge in [0.15, 0.2) is 0 Å². The van der Waals surface area contributed by atoms with Crippen LogP contribution in [0.15, 0.2) is 18.9 Å². The highest BCUT2D eigenvalue weighted by Gasteiger charge is 2.21. The highest BCUT2D eigenvalue weighted by atomic mass is 16.2. The second-order valence-electron chi connectivity index (χ2n) is 4.07. The SMILES string of the molecule is O=C(Cn1cnnn1)N1CCc2ncncc2C1. The Kier molecular flexibility index (Phi) is 2.67. The van der Waals surface area contributed by atoms with Gasteiger partial charge in [0.05, 0.1) is 5.69 Å². The Bertz CT molecular complexity index is 553. The summed E-state index contributed by atoms with van der Waals surface area (Å²) in [6.07, 6.45) is 5.49. The molecule has 0 fully saturated rings. The molecule has 0 radical (unpaired) electrons. The lowest BCUT2D eigenvalue weighted by Gasteiger charge is -2.27. The Balaban J connectivity index is 1.70. The molecule has 0 unspecified atom stereocenters. The molecule has 0 aliphatic carbocycles. The largest absolute Gasteiger partial charge is 0.336 e. The van der Waals surface area contributed by atoms with Crippen LogP contribution < -0.4 is 0 Å². The summed E-state index contributed by atoms with van der Waals surface area (Å²) < 4.78 is 1.42. The van der Waals surface area contributed by atoms with Crippen LogP contribution in [0.2, 0.25) is 0 Å². The number of rotatable bonds is 2. The number of fused-ring (bicyclic) bond motifs is 1. The Labute approximate surface area is 103 Å². The Hall–Kier alpha value is -2.38. The molecule has 8 heteroatoms. The van der Waals surface area contributed by atoms with E-state index in [9.17, 15) is 4.79 Å². The zero-order valence-corrected chi connectivity index (χ0v) is 9.60. The molecule has 8 nitrogen and oxygen atoms in total. The van der Waals surface area contributed by atoms with E-state index >= 15 is 0 Å². The van der Waals surface area contributed by atoms with Gasteiger partial charge in [-0.2, -0.15) is 0 Å². The molecule has 1 aliphatic heterocycles. The summed E-state index contributed by atoms with van der Waals surface area (Å²) in [4.78, 5) is 22.0. The van der Waals surface area contributed by atoms with Gasteiger partial charge < -0.3 is 4.90 Å². The number of aromatic nitrogens is 6. The van der Waals surface area contributed by atoms with Crippen molar-refractivity contribution in [1.29, 1.82) is 0 Å². The van der Waals surface area contributed by atoms with E-state index in [1.807, 2.05) is 0 Å². The molecule has 0 saturated heterocycles. The molecule has 3 heterocycles. The van der Waals surface area contributed by atoms with E-state index in [2.05, 4.69) is 25.5 Å². The maximum atomic E-state index is 12.0. The summed E-state index contributed by atoms with van der Waals surface area (Å²) in [5.41, 5.74) is 2.03. The van der Waals surface area contributed by atoms with Crippen LogP contribution in [0.5, 0.6) is 0 Å². The highest BCUT2D eigenvalue weighted by molar-refractivity contribution is 5.76. The highest BCUT2D eigenvalue weighted by Crippen LogP contribution is 2.15. The van der Waals surface area contributed by atoms with E-state index in [4.69, 9.17) is 0 Å². The zero-order chi connectivity index (χ0) is 12.4. The number of hydrogen-bond donors (Lipinski definition) is 0. The Morgan fingerprint density at radius 1 is 1.44 bits per heavy atom. The summed E-state index contributed by atoms with van der Waals surface area (Å²) in [5.74, 6) is -0.00296. The molecule has 0 atom stereocenters. The van der Waals surface area contributed by atoms with Crippen molar-refractivity contribution in [2.75, 3.05) is 6.54 Å². The minimum atomic E-state index is -0.00296. The first-order chi connectivity index (χ1) is 8.83. The Morgan fingerprint density at radius 2 is 2.39 bits per heavy atom. The van der Waals surface area contributed by atoms with Gasteiger partial charge in [0.25, 0.3) is 0 Å². The van der Waals surface area contributed by atoms with E-state index < -0.39 is 0 Å². The van der Waals surface area contributed by atoms with Gasteiger partial charge in [-0.1, -0.05) is 0 Å². The van der Waals surface area contributed by atoms with Crippen LogP contribution in [-0.4, -0.2) is 47.5 Å². The number of hydrogen-bond acceptors (Lipinski definition) is 6. The molecule has 1 amide bonds. The first-order valence-electron chi connectivity index (χ1n) is 5.59. The fraction of sp³-hybridized carbons (Fsp3) is 0.400. The summed E-state index contributed by atoms with van der Waals surface area (Å²) in [7, 11) is 0. The average molecular weight is 245 g/mol. The molecule has 0 aromatic carbocycles. The van der Waals surface area contributed by atoms with Gasteiger partial charge in [-0.15, -0.1) is 5.10 Å². The fourth-order valence-corrected chi connectivity index (χ4v) is 1.97. The zero-order valence-electron chi connectivity index (χ0n) is 9.60. The van der Waals surface area contributed by atoms with E-state index in [1.165, 1.54) is 17.3 Å². The molecule has 18 heavy (non-hydrogen) atoms. The van der Waals surface area contributed by atoms with Gasteiger partial charge in [0.1, 0.15) is 19.2 Å². The molecule has 1 aliphatic rings. The number of carbonyl (C=O) groups is 1. The lowest BCUT2D eigenvalue weighted by Crippen LogP contribution is -2.38. The van der Waals surface area contributed by atoms with Crippen LogP contribution in [0.4, 0.5) is 0 Å². The number of amides is 1. The minimum Gasteiger partial charge on any atom is -0.336 e. The van der Waals surface area contributed by atoms with Gasteiger partial charge in [-0.3, -0.25) is 4.79 Å². The Morgan fingerprint density at radius 3 is 3.22 bits per heavy atom. The topological polar surface area (TPSA) is 89.7 Å². The third-order valence-electron chi connectivity index (χ3n) is 2.90. The summed E-state index contributed by atoms with van der Waals surface area (Å²) in [5, 5.41) is 10.7. The van der Waals surface area contributed by atoms with Crippen molar-refractivity contribution in [2.45, 2.75) is 19.5 Å². The number of nitrogens with zero attached hydrogens (tertiary/aromatic N) is 7. The second kappa shape index (κ2) is 4.47. The van der Waals surface area contributed by atoms with Crippen molar-refractivity contribution in [1.82, 2.24) is 35.1 Å². The van der Waals surface area contributed by atoms with Gasteiger partial charge in [0, 0.05) is 31.3 Å². The van der Waals surface area contributed by atoms with Crippen molar-refractivity contribution in [3.8, 4) is 0 Å². The second-order valence-corrected chi connectivity index (χ2v) is 4.07. The van der Waals surface area contributed by atoms with Gasteiger partial charge in [-0.05, 0) is 10.4 Å². The normalized spacial score (nSPS) is 14.3.